The van der Waals surface area contributed by atoms with Gasteiger partial charge in [-0.25, -0.2) is 4.79 Å². The van der Waals surface area contributed by atoms with Gasteiger partial charge >= 0.3 is 6.09 Å². The van der Waals surface area contributed by atoms with Crippen LogP contribution in [0.15, 0.2) is 24.3 Å². The summed E-state index contributed by atoms with van der Waals surface area (Å²) in [5.74, 6) is -0.648. The highest BCUT2D eigenvalue weighted by molar-refractivity contribution is 5.92. The quantitative estimate of drug-likeness (QED) is 0.599. The zero-order chi connectivity index (χ0) is 24.9. The standard InChI is InChI=1S/C26H41N3O4/c1-16(2)21(28-25(32)33-26(6,7)8)24(31)29(19-13-11-14-19)22(23(30)27-17(3)4)20-15-10-9-12-18(20)5/h9-10,12,15-17,19,21-22H,11,13-14H2,1-8H3,(H,27,30)(H,28,32). The summed E-state index contributed by atoms with van der Waals surface area (Å²) in [6, 6.07) is 5.97. The first-order chi connectivity index (χ1) is 15.3. The van der Waals surface area contributed by atoms with Gasteiger partial charge in [0.05, 0.1) is 0 Å². The second kappa shape index (κ2) is 11.0. The Morgan fingerprint density at radius 1 is 1.03 bits per heavy atom. The van der Waals surface area contributed by atoms with E-state index < -0.39 is 23.8 Å². The molecule has 2 N–H and O–H groups in total. The summed E-state index contributed by atoms with van der Waals surface area (Å²) in [6.45, 7) is 14.9. The van der Waals surface area contributed by atoms with Gasteiger partial charge in [0.25, 0.3) is 0 Å². The molecule has 1 saturated carbocycles. The van der Waals surface area contributed by atoms with Crippen molar-refractivity contribution in [2.45, 2.75) is 104 Å². The third kappa shape index (κ3) is 7.21. The van der Waals surface area contributed by atoms with Crippen molar-refractivity contribution in [3.05, 3.63) is 35.4 Å². The van der Waals surface area contributed by atoms with Crippen LogP contribution in [0.5, 0.6) is 0 Å². The van der Waals surface area contributed by atoms with Gasteiger partial charge in [0, 0.05) is 12.1 Å². The van der Waals surface area contributed by atoms with Crippen LogP contribution in [0.4, 0.5) is 4.79 Å². The van der Waals surface area contributed by atoms with Gasteiger partial charge in [-0.3, -0.25) is 9.59 Å². The Morgan fingerprint density at radius 2 is 1.64 bits per heavy atom. The topological polar surface area (TPSA) is 87.7 Å². The Bertz CT molecular complexity index is 840. The van der Waals surface area contributed by atoms with E-state index in [4.69, 9.17) is 4.74 Å². The largest absolute Gasteiger partial charge is 0.444 e. The minimum atomic E-state index is -0.807. The van der Waals surface area contributed by atoms with E-state index in [2.05, 4.69) is 10.6 Å². The molecular weight excluding hydrogens is 418 g/mol. The van der Waals surface area contributed by atoms with Crippen LogP contribution in [0.3, 0.4) is 0 Å². The Kier molecular flexibility index (Phi) is 8.92. The summed E-state index contributed by atoms with van der Waals surface area (Å²) >= 11 is 0. The van der Waals surface area contributed by atoms with Gasteiger partial charge in [0.15, 0.2) is 0 Å². The molecule has 1 aliphatic carbocycles. The number of hydrogen-bond donors (Lipinski definition) is 2. The number of amides is 3. The molecule has 0 bridgehead atoms. The van der Waals surface area contributed by atoms with Gasteiger partial charge in [-0.1, -0.05) is 38.1 Å². The highest BCUT2D eigenvalue weighted by Gasteiger charge is 2.43. The van der Waals surface area contributed by atoms with E-state index in [1.54, 1.807) is 25.7 Å². The molecule has 184 valence electrons. The number of hydrogen-bond acceptors (Lipinski definition) is 4. The van der Waals surface area contributed by atoms with E-state index in [0.717, 1.165) is 30.4 Å². The molecule has 1 fully saturated rings. The van der Waals surface area contributed by atoms with Crippen molar-refractivity contribution in [3.63, 3.8) is 0 Å². The molecule has 0 saturated heterocycles. The SMILES string of the molecule is Cc1ccccc1C(C(=O)NC(C)C)N(C(=O)C(NC(=O)OC(C)(C)C)C(C)C)C1CCC1. The van der Waals surface area contributed by atoms with E-state index in [-0.39, 0.29) is 29.8 Å². The number of carbonyl (C=O) groups is 3. The summed E-state index contributed by atoms with van der Waals surface area (Å²) in [7, 11) is 0. The average Bonchev–Trinajstić information content (AvgIpc) is 2.62. The molecule has 0 spiro atoms. The van der Waals surface area contributed by atoms with Crippen LogP contribution in [0.25, 0.3) is 0 Å². The van der Waals surface area contributed by atoms with E-state index in [0.29, 0.717) is 0 Å². The lowest BCUT2D eigenvalue weighted by molar-refractivity contribution is -0.148. The minimum absolute atomic E-state index is 0.0540. The van der Waals surface area contributed by atoms with Gasteiger partial charge < -0.3 is 20.3 Å². The second-order valence-electron chi connectivity index (χ2n) is 10.6. The number of alkyl carbamates (subject to hydrolysis) is 1. The fraction of sp³-hybridized carbons (Fsp3) is 0.654. The summed E-state index contributed by atoms with van der Waals surface area (Å²) < 4.78 is 5.41. The van der Waals surface area contributed by atoms with Gasteiger partial charge in [-0.05, 0) is 77.8 Å². The molecule has 1 aliphatic rings. The third-order valence-electron chi connectivity index (χ3n) is 5.77. The first-order valence-corrected chi connectivity index (χ1v) is 12.0. The second-order valence-corrected chi connectivity index (χ2v) is 10.6. The number of aryl methyl sites for hydroxylation is 1. The van der Waals surface area contributed by atoms with E-state index in [9.17, 15) is 14.4 Å². The van der Waals surface area contributed by atoms with Crippen molar-refractivity contribution in [2.75, 3.05) is 0 Å². The summed E-state index contributed by atoms with van der Waals surface area (Å²) in [5, 5.41) is 5.77. The average molecular weight is 460 g/mol. The molecule has 3 amide bonds. The molecule has 33 heavy (non-hydrogen) atoms. The lowest BCUT2D eigenvalue weighted by atomic mass is 9.86. The fourth-order valence-corrected chi connectivity index (χ4v) is 3.97. The maximum absolute atomic E-state index is 14.0. The van der Waals surface area contributed by atoms with E-state index in [1.807, 2.05) is 58.9 Å². The van der Waals surface area contributed by atoms with Crippen LogP contribution in [-0.4, -0.2) is 46.5 Å². The summed E-state index contributed by atoms with van der Waals surface area (Å²) in [5.41, 5.74) is 1.07. The molecule has 2 unspecified atom stereocenters. The Balaban J connectivity index is 2.48. The van der Waals surface area contributed by atoms with Gasteiger partial charge in [0.1, 0.15) is 17.7 Å². The number of nitrogens with one attached hydrogen (secondary N) is 2. The third-order valence-corrected chi connectivity index (χ3v) is 5.77. The molecule has 7 heteroatoms. The zero-order valence-corrected chi connectivity index (χ0v) is 21.4. The molecule has 1 aromatic rings. The lowest BCUT2D eigenvalue weighted by Crippen LogP contribution is -2.59. The van der Waals surface area contributed by atoms with Crippen LogP contribution in [0.2, 0.25) is 0 Å². The molecule has 0 heterocycles. The molecule has 2 atom stereocenters. The summed E-state index contributed by atoms with van der Waals surface area (Å²) in [6.07, 6.45) is 2.04. The number of carbonyl (C=O) groups excluding carboxylic acids is 3. The van der Waals surface area contributed by atoms with Crippen molar-refractivity contribution in [1.82, 2.24) is 15.5 Å². The molecule has 1 aromatic carbocycles. The van der Waals surface area contributed by atoms with Crippen molar-refractivity contribution < 1.29 is 19.1 Å². The number of ether oxygens (including phenoxy) is 1. The van der Waals surface area contributed by atoms with Crippen LogP contribution in [0, 0.1) is 12.8 Å². The fourth-order valence-electron chi connectivity index (χ4n) is 3.97. The summed E-state index contributed by atoms with van der Waals surface area (Å²) in [4.78, 5) is 41.8. The molecule has 0 aromatic heterocycles. The predicted octanol–water partition coefficient (Wildman–Crippen LogP) is 4.49. The molecular formula is C26H41N3O4. The van der Waals surface area contributed by atoms with Gasteiger partial charge in [-0.15, -0.1) is 0 Å². The van der Waals surface area contributed by atoms with Crippen molar-refractivity contribution in [1.29, 1.82) is 0 Å². The van der Waals surface area contributed by atoms with Gasteiger partial charge in [0.2, 0.25) is 11.8 Å². The van der Waals surface area contributed by atoms with E-state index in [1.165, 1.54) is 0 Å². The first-order valence-electron chi connectivity index (χ1n) is 12.0. The van der Waals surface area contributed by atoms with Crippen molar-refractivity contribution in [2.24, 2.45) is 5.92 Å². The Morgan fingerprint density at radius 3 is 2.09 bits per heavy atom. The first kappa shape index (κ1) is 26.7. The molecule has 0 radical (unpaired) electrons. The number of rotatable bonds is 8. The van der Waals surface area contributed by atoms with Crippen molar-refractivity contribution in [3.8, 4) is 0 Å². The molecule has 7 nitrogen and oxygen atoms in total. The Labute approximate surface area is 198 Å². The smallest absolute Gasteiger partial charge is 0.408 e. The molecule has 2 rings (SSSR count). The highest BCUT2D eigenvalue weighted by atomic mass is 16.6. The lowest BCUT2D eigenvalue weighted by Gasteiger charge is -2.44. The monoisotopic (exact) mass is 459 g/mol. The highest BCUT2D eigenvalue weighted by Crippen LogP contribution is 2.35. The predicted molar refractivity (Wildman–Crippen MR) is 130 cm³/mol. The Hall–Kier alpha value is -2.57. The van der Waals surface area contributed by atoms with Crippen LogP contribution in [-0.2, 0) is 14.3 Å². The van der Waals surface area contributed by atoms with E-state index >= 15 is 0 Å². The molecule has 0 aliphatic heterocycles. The minimum Gasteiger partial charge on any atom is -0.444 e. The zero-order valence-electron chi connectivity index (χ0n) is 21.4. The maximum Gasteiger partial charge on any atom is 0.408 e. The normalized spacial score (nSPS) is 16.1. The number of nitrogens with zero attached hydrogens (tertiary/aromatic N) is 1. The number of benzene rings is 1. The van der Waals surface area contributed by atoms with Crippen molar-refractivity contribution >= 4 is 17.9 Å². The van der Waals surface area contributed by atoms with Crippen LogP contribution < -0.4 is 10.6 Å². The van der Waals surface area contributed by atoms with Crippen LogP contribution >= 0.6 is 0 Å². The van der Waals surface area contributed by atoms with Crippen LogP contribution in [0.1, 0.15) is 84.9 Å². The maximum atomic E-state index is 14.0. The van der Waals surface area contributed by atoms with Gasteiger partial charge in [-0.2, -0.15) is 0 Å².